The van der Waals surface area contributed by atoms with Crippen LogP contribution in [-0.2, 0) is 17.8 Å². The van der Waals surface area contributed by atoms with Crippen LogP contribution in [-0.4, -0.2) is 22.4 Å². The molecule has 0 bridgehead atoms. The van der Waals surface area contributed by atoms with Crippen LogP contribution in [0.2, 0.25) is 5.02 Å². The van der Waals surface area contributed by atoms with E-state index in [0.717, 1.165) is 17.7 Å². The van der Waals surface area contributed by atoms with Crippen LogP contribution in [0.1, 0.15) is 37.1 Å². The van der Waals surface area contributed by atoms with Gasteiger partial charge in [0, 0.05) is 41.5 Å². The van der Waals surface area contributed by atoms with Gasteiger partial charge < -0.3 is 14.8 Å². The maximum absolute atomic E-state index is 12.5. The van der Waals surface area contributed by atoms with Gasteiger partial charge in [0.25, 0.3) is 0 Å². The Morgan fingerprint density at radius 2 is 1.97 bits per heavy atom. The molecule has 4 rings (SSSR count). The fraction of sp³-hybridized carbons (Fsp3) is 0.200. The van der Waals surface area contributed by atoms with Crippen LogP contribution < -0.4 is 14.8 Å². The highest BCUT2D eigenvalue weighted by Crippen LogP contribution is 2.36. The van der Waals surface area contributed by atoms with E-state index in [9.17, 15) is 10.1 Å². The van der Waals surface area contributed by atoms with Crippen molar-refractivity contribution in [1.29, 1.82) is 5.26 Å². The van der Waals surface area contributed by atoms with E-state index < -0.39 is 0 Å². The minimum absolute atomic E-state index is 0.0286. The van der Waals surface area contributed by atoms with E-state index in [1.165, 1.54) is 6.20 Å². The van der Waals surface area contributed by atoms with E-state index in [1.54, 1.807) is 30.5 Å². The number of halogens is 1. The number of aromatic nitrogens is 2. The molecule has 4 aromatic rings. The summed E-state index contributed by atoms with van der Waals surface area (Å²) in [5, 5.41) is 14.2. The van der Waals surface area contributed by atoms with Crippen LogP contribution in [0.4, 0.5) is 11.4 Å². The Hall–Kier alpha value is -4.41. The number of rotatable bonds is 11. The van der Waals surface area contributed by atoms with Crippen molar-refractivity contribution in [3.05, 3.63) is 94.9 Å². The summed E-state index contributed by atoms with van der Waals surface area (Å²) in [6.07, 6.45) is 7.59. The molecular formula is C30H27ClN4O3. The normalized spacial score (nSPS) is 10.9. The minimum Gasteiger partial charge on any atom is -0.494 e. The number of anilines is 2. The number of hydrogen-bond donors (Lipinski definition) is 1. The van der Waals surface area contributed by atoms with Gasteiger partial charge in [0.15, 0.2) is 5.78 Å². The van der Waals surface area contributed by atoms with Gasteiger partial charge in [-0.15, -0.1) is 0 Å². The summed E-state index contributed by atoms with van der Waals surface area (Å²) in [5.74, 6) is 1.09. The summed E-state index contributed by atoms with van der Waals surface area (Å²) in [4.78, 5) is 21.2. The highest BCUT2D eigenvalue weighted by Gasteiger charge is 2.16. The van der Waals surface area contributed by atoms with E-state index in [4.69, 9.17) is 21.1 Å². The van der Waals surface area contributed by atoms with Gasteiger partial charge >= 0.3 is 0 Å². The average Bonchev–Trinajstić information content (AvgIpc) is 2.93. The fourth-order valence-corrected chi connectivity index (χ4v) is 4.12. The van der Waals surface area contributed by atoms with E-state index in [0.29, 0.717) is 51.0 Å². The topological polar surface area (TPSA) is 97.1 Å². The van der Waals surface area contributed by atoms with Crippen molar-refractivity contribution in [3.63, 3.8) is 0 Å². The molecule has 7 nitrogen and oxygen atoms in total. The Morgan fingerprint density at radius 3 is 2.68 bits per heavy atom. The first-order valence-electron chi connectivity index (χ1n) is 12.3. The molecule has 2 aromatic carbocycles. The molecule has 0 radical (unpaired) electrons. The molecular weight excluding hydrogens is 500 g/mol. The number of hydrogen-bond acceptors (Lipinski definition) is 7. The quantitative estimate of drug-likeness (QED) is 0.211. The van der Waals surface area contributed by atoms with Gasteiger partial charge in [-0.05, 0) is 55.8 Å². The number of nitrogens with one attached hydrogen (secondary N) is 1. The Bertz CT molecular complexity index is 1510. The van der Waals surface area contributed by atoms with Crippen molar-refractivity contribution in [2.24, 2.45) is 0 Å². The lowest BCUT2D eigenvalue weighted by molar-refractivity contribution is -0.114. The predicted octanol–water partition coefficient (Wildman–Crippen LogP) is 6.95. The molecule has 1 N–H and O–H groups in total. The molecule has 8 heteroatoms. The smallest absolute Gasteiger partial charge is 0.159 e. The second-order valence-electron chi connectivity index (χ2n) is 8.40. The summed E-state index contributed by atoms with van der Waals surface area (Å²) in [7, 11) is 0. The third-order valence-electron chi connectivity index (χ3n) is 5.68. The monoisotopic (exact) mass is 526 g/mol. The van der Waals surface area contributed by atoms with Crippen LogP contribution in [0.15, 0.2) is 73.1 Å². The summed E-state index contributed by atoms with van der Waals surface area (Å²) in [6, 6.07) is 16.8. The standard InChI is InChI=1S/C30H27ClN4O3/c1-3-5-9-24(36)13-20-14-25-27(16-29(20)37-4-2)34-18-21(17-32)30(25)35-22-10-11-28(26(31)15-22)38-19-23-8-6-7-12-33-23/h5-12,14-16,18H,3-4,13,19H2,1-2H3,(H,34,35)/b9-5+. The third kappa shape index (κ3) is 6.47. The van der Waals surface area contributed by atoms with Crippen molar-refractivity contribution >= 4 is 39.7 Å². The number of nitrogens with zero attached hydrogens (tertiary/aromatic N) is 3. The van der Waals surface area contributed by atoms with Crippen LogP contribution in [0.3, 0.4) is 0 Å². The fourth-order valence-electron chi connectivity index (χ4n) is 3.88. The largest absolute Gasteiger partial charge is 0.494 e. The van der Waals surface area contributed by atoms with Crippen molar-refractivity contribution in [3.8, 4) is 17.6 Å². The predicted molar refractivity (Wildman–Crippen MR) is 149 cm³/mol. The molecule has 0 atom stereocenters. The van der Waals surface area contributed by atoms with E-state index in [1.807, 2.05) is 50.3 Å². The lowest BCUT2D eigenvalue weighted by Crippen LogP contribution is -2.05. The van der Waals surface area contributed by atoms with Crippen LogP contribution >= 0.6 is 11.6 Å². The van der Waals surface area contributed by atoms with E-state index in [2.05, 4.69) is 21.4 Å². The van der Waals surface area contributed by atoms with Crippen LogP contribution in [0.5, 0.6) is 11.5 Å². The Kier molecular flexibility index (Phi) is 8.91. The zero-order valence-corrected chi connectivity index (χ0v) is 22.0. The minimum atomic E-state index is -0.0286. The average molecular weight is 527 g/mol. The van der Waals surface area contributed by atoms with Gasteiger partial charge in [0.05, 0.1) is 34.1 Å². The van der Waals surface area contributed by atoms with Gasteiger partial charge in [-0.3, -0.25) is 14.8 Å². The maximum Gasteiger partial charge on any atom is 0.159 e. The van der Waals surface area contributed by atoms with Crippen LogP contribution in [0, 0.1) is 11.3 Å². The second-order valence-corrected chi connectivity index (χ2v) is 8.81. The summed E-state index contributed by atoms with van der Waals surface area (Å²) in [6.45, 7) is 4.60. The highest BCUT2D eigenvalue weighted by atomic mass is 35.5. The number of ether oxygens (including phenoxy) is 2. The van der Waals surface area contributed by atoms with Crippen molar-refractivity contribution < 1.29 is 14.3 Å². The van der Waals surface area contributed by atoms with Gasteiger partial charge in [-0.25, -0.2) is 0 Å². The van der Waals surface area contributed by atoms with E-state index >= 15 is 0 Å². The molecule has 0 saturated heterocycles. The summed E-state index contributed by atoms with van der Waals surface area (Å²) in [5.41, 5.74) is 3.74. The summed E-state index contributed by atoms with van der Waals surface area (Å²) >= 11 is 6.51. The van der Waals surface area contributed by atoms with Crippen molar-refractivity contribution in [2.45, 2.75) is 33.3 Å². The molecule has 2 aromatic heterocycles. The molecule has 192 valence electrons. The molecule has 0 spiro atoms. The van der Waals surface area contributed by atoms with Crippen molar-refractivity contribution in [1.82, 2.24) is 9.97 Å². The number of allylic oxidation sites excluding steroid dienone is 2. The molecule has 0 saturated carbocycles. The van der Waals surface area contributed by atoms with Crippen molar-refractivity contribution in [2.75, 3.05) is 11.9 Å². The first-order valence-corrected chi connectivity index (χ1v) is 12.7. The molecule has 2 heterocycles. The molecule has 38 heavy (non-hydrogen) atoms. The lowest BCUT2D eigenvalue weighted by Gasteiger charge is -2.16. The van der Waals surface area contributed by atoms with Gasteiger partial charge in [0.2, 0.25) is 0 Å². The third-order valence-corrected chi connectivity index (χ3v) is 5.97. The number of fused-ring (bicyclic) bond motifs is 1. The Morgan fingerprint density at radius 1 is 1.11 bits per heavy atom. The zero-order valence-electron chi connectivity index (χ0n) is 21.2. The number of carbonyl (C=O) groups is 1. The molecule has 0 aliphatic rings. The molecule has 0 fully saturated rings. The maximum atomic E-state index is 12.5. The highest BCUT2D eigenvalue weighted by molar-refractivity contribution is 6.32. The summed E-state index contributed by atoms with van der Waals surface area (Å²) < 4.78 is 11.6. The number of pyridine rings is 2. The SMILES string of the molecule is CC/C=C/C(=O)Cc1cc2c(Nc3ccc(OCc4ccccn4)c(Cl)c3)c(C#N)cnc2cc1OCC. The zero-order chi connectivity index (χ0) is 26.9. The van der Waals surface area contributed by atoms with Gasteiger partial charge in [-0.2, -0.15) is 5.26 Å². The molecule has 0 aliphatic heterocycles. The first-order chi connectivity index (χ1) is 18.5. The Labute approximate surface area is 226 Å². The van der Waals surface area contributed by atoms with Crippen LogP contribution in [0.25, 0.3) is 10.9 Å². The number of carbonyl (C=O) groups excluding carboxylic acids is 1. The number of benzene rings is 2. The first kappa shape index (κ1) is 26.6. The number of nitriles is 1. The van der Waals surface area contributed by atoms with Gasteiger partial charge in [0.1, 0.15) is 24.2 Å². The lowest BCUT2D eigenvalue weighted by atomic mass is 10.0. The Balaban J connectivity index is 1.67. The molecule has 0 aliphatic carbocycles. The molecule has 0 amide bonds. The van der Waals surface area contributed by atoms with E-state index in [-0.39, 0.29) is 18.8 Å². The van der Waals surface area contributed by atoms with Gasteiger partial charge in [-0.1, -0.05) is 30.7 Å². The second kappa shape index (κ2) is 12.7. The number of ketones is 1. The molecule has 0 unspecified atom stereocenters.